The van der Waals surface area contributed by atoms with Gasteiger partial charge in [0, 0.05) is 49.0 Å². The third kappa shape index (κ3) is 3.34. The van der Waals surface area contributed by atoms with Crippen LogP contribution in [0.2, 0.25) is 0 Å². The number of rotatable bonds is 3. The summed E-state index contributed by atoms with van der Waals surface area (Å²) < 4.78 is 0. The number of carbonyl (C=O) groups is 1. The summed E-state index contributed by atoms with van der Waals surface area (Å²) >= 11 is 1.60. The molecule has 116 valence electrons. The first-order valence-corrected chi connectivity index (χ1v) is 8.28. The highest BCUT2D eigenvalue weighted by Crippen LogP contribution is 2.28. The Morgan fingerprint density at radius 2 is 2.09 bits per heavy atom. The normalized spacial score (nSPS) is 16.0. The molecule has 1 aliphatic heterocycles. The summed E-state index contributed by atoms with van der Waals surface area (Å²) in [6.45, 7) is 5.52. The van der Waals surface area contributed by atoms with Gasteiger partial charge in [-0.1, -0.05) is 0 Å². The Bertz CT molecular complexity index is 647. The van der Waals surface area contributed by atoms with E-state index in [4.69, 9.17) is 0 Å². The van der Waals surface area contributed by atoms with Crippen molar-refractivity contribution in [2.45, 2.75) is 13.3 Å². The maximum Gasteiger partial charge on any atom is 0.227 e. The Balaban J connectivity index is 1.70. The molecule has 2 aromatic heterocycles. The van der Waals surface area contributed by atoms with E-state index < -0.39 is 0 Å². The third-order valence-corrected chi connectivity index (χ3v) is 5.18. The predicted molar refractivity (Wildman–Crippen MR) is 87.9 cm³/mol. The van der Waals surface area contributed by atoms with E-state index in [9.17, 15) is 4.79 Å². The van der Waals surface area contributed by atoms with Crippen LogP contribution < -0.4 is 0 Å². The fraction of sp³-hybridized carbons (Fsp3) is 0.438. The summed E-state index contributed by atoms with van der Waals surface area (Å²) in [6.07, 6.45) is 4.01. The smallest absolute Gasteiger partial charge is 0.227 e. The number of amides is 1. The Kier molecular flexibility index (Phi) is 4.49. The molecule has 6 heteroatoms. The second-order valence-corrected chi connectivity index (χ2v) is 6.71. The Morgan fingerprint density at radius 3 is 2.77 bits per heavy atom. The number of nitrogens with zero attached hydrogens (tertiary/aromatic N) is 4. The molecule has 1 aliphatic rings. The molecule has 3 heterocycles. The van der Waals surface area contributed by atoms with Crippen molar-refractivity contribution in [3.8, 4) is 10.6 Å². The topological polar surface area (TPSA) is 49.3 Å². The molecule has 5 nitrogen and oxygen atoms in total. The minimum atomic E-state index is 0.206. The molecule has 1 saturated heterocycles. The highest BCUT2D eigenvalue weighted by Gasteiger charge is 2.21. The summed E-state index contributed by atoms with van der Waals surface area (Å²) in [4.78, 5) is 26.4. The summed E-state index contributed by atoms with van der Waals surface area (Å²) in [5.41, 5.74) is 1.96. The van der Waals surface area contributed by atoms with Gasteiger partial charge in [0.1, 0.15) is 5.01 Å². The fourth-order valence-corrected chi connectivity index (χ4v) is 3.55. The van der Waals surface area contributed by atoms with Gasteiger partial charge in [-0.25, -0.2) is 4.98 Å². The van der Waals surface area contributed by atoms with Crippen molar-refractivity contribution in [3.05, 3.63) is 35.1 Å². The zero-order chi connectivity index (χ0) is 15.5. The van der Waals surface area contributed by atoms with Crippen molar-refractivity contribution < 1.29 is 4.79 Å². The van der Waals surface area contributed by atoms with Gasteiger partial charge in [0.25, 0.3) is 0 Å². The van der Waals surface area contributed by atoms with Crippen molar-refractivity contribution in [1.29, 1.82) is 0 Å². The number of hydrogen-bond acceptors (Lipinski definition) is 5. The summed E-state index contributed by atoms with van der Waals surface area (Å²) in [7, 11) is 2.09. The number of piperazine rings is 1. The summed E-state index contributed by atoms with van der Waals surface area (Å²) in [5.74, 6) is 0.206. The first-order chi connectivity index (χ1) is 10.6. The first-order valence-electron chi connectivity index (χ1n) is 7.46. The van der Waals surface area contributed by atoms with Gasteiger partial charge in [-0.15, -0.1) is 11.3 Å². The molecule has 0 aromatic carbocycles. The zero-order valence-electron chi connectivity index (χ0n) is 13.0. The average Bonchev–Trinajstić information content (AvgIpc) is 2.90. The lowest BCUT2D eigenvalue weighted by Gasteiger charge is -2.32. The van der Waals surface area contributed by atoms with Crippen LogP contribution in [0.15, 0.2) is 24.5 Å². The number of aryl methyl sites for hydroxylation is 1. The number of aromatic nitrogens is 2. The van der Waals surface area contributed by atoms with Crippen LogP contribution in [0.5, 0.6) is 0 Å². The molecular formula is C16H20N4OS. The lowest BCUT2D eigenvalue weighted by atomic mass is 10.2. The van der Waals surface area contributed by atoms with Gasteiger partial charge >= 0.3 is 0 Å². The number of pyridine rings is 1. The molecule has 0 N–H and O–H groups in total. The van der Waals surface area contributed by atoms with Crippen LogP contribution in [0.3, 0.4) is 0 Å². The minimum absolute atomic E-state index is 0.206. The lowest BCUT2D eigenvalue weighted by Crippen LogP contribution is -2.47. The van der Waals surface area contributed by atoms with Crippen molar-refractivity contribution in [2.24, 2.45) is 0 Å². The Labute approximate surface area is 134 Å². The molecule has 0 unspecified atom stereocenters. The summed E-state index contributed by atoms with van der Waals surface area (Å²) in [6, 6.07) is 3.90. The van der Waals surface area contributed by atoms with Crippen LogP contribution in [0.25, 0.3) is 10.6 Å². The monoisotopic (exact) mass is 316 g/mol. The molecular weight excluding hydrogens is 296 g/mol. The van der Waals surface area contributed by atoms with Crippen LogP contribution in [-0.2, 0) is 11.2 Å². The Morgan fingerprint density at radius 1 is 1.32 bits per heavy atom. The number of thiazole rings is 1. The van der Waals surface area contributed by atoms with Gasteiger partial charge in [0.15, 0.2) is 0 Å². The van der Waals surface area contributed by atoms with Gasteiger partial charge in [0.2, 0.25) is 5.91 Å². The third-order valence-electron chi connectivity index (χ3n) is 3.97. The summed E-state index contributed by atoms with van der Waals surface area (Å²) in [5, 5.41) is 0.937. The maximum absolute atomic E-state index is 12.4. The molecule has 0 atom stereocenters. The number of hydrogen-bond donors (Lipinski definition) is 0. The maximum atomic E-state index is 12.4. The lowest BCUT2D eigenvalue weighted by molar-refractivity contribution is -0.131. The van der Waals surface area contributed by atoms with E-state index in [1.807, 2.05) is 30.2 Å². The molecule has 3 rings (SSSR count). The first kappa shape index (κ1) is 15.1. The molecule has 2 aromatic rings. The van der Waals surface area contributed by atoms with Gasteiger partial charge in [-0.05, 0) is 26.1 Å². The predicted octanol–water partition coefficient (Wildman–Crippen LogP) is 1.83. The van der Waals surface area contributed by atoms with E-state index in [0.29, 0.717) is 6.42 Å². The number of likely N-dealkylation sites (N-methyl/N-ethyl adjacent to an activating group) is 1. The standard InChI is InChI=1S/C16H20N4OS/c1-12-14(10-15(21)20-8-6-19(2)7-9-20)22-16(18-12)13-4-3-5-17-11-13/h3-5,11H,6-10H2,1-2H3. The van der Waals surface area contributed by atoms with Crippen LogP contribution in [0.4, 0.5) is 0 Å². The van der Waals surface area contributed by atoms with Gasteiger partial charge < -0.3 is 9.80 Å². The van der Waals surface area contributed by atoms with Gasteiger partial charge in [0.05, 0.1) is 12.1 Å². The molecule has 0 bridgehead atoms. The average molecular weight is 316 g/mol. The zero-order valence-corrected chi connectivity index (χ0v) is 13.8. The van der Waals surface area contributed by atoms with Crippen molar-refractivity contribution in [2.75, 3.05) is 33.2 Å². The van der Waals surface area contributed by atoms with E-state index in [1.54, 1.807) is 17.5 Å². The van der Waals surface area contributed by atoms with Crippen molar-refractivity contribution in [3.63, 3.8) is 0 Å². The van der Waals surface area contributed by atoms with E-state index in [2.05, 4.69) is 21.9 Å². The second-order valence-electron chi connectivity index (χ2n) is 5.63. The molecule has 1 fully saturated rings. The molecule has 0 spiro atoms. The van der Waals surface area contributed by atoms with E-state index in [-0.39, 0.29) is 5.91 Å². The van der Waals surface area contributed by atoms with Crippen molar-refractivity contribution >= 4 is 17.2 Å². The molecule has 1 amide bonds. The van der Waals surface area contributed by atoms with E-state index >= 15 is 0 Å². The highest BCUT2D eigenvalue weighted by atomic mass is 32.1. The van der Waals surface area contributed by atoms with Crippen molar-refractivity contribution in [1.82, 2.24) is 19.8 Å². The Hall–Kier alpha value is -1.79. The van der Waals surface area contributed by atoms with Crippen LogP contribution in [0.1, 0.15) is 10.6 Å². The van der Waals surface area contributed by atoms with E-state index in [1.165, 1.54) is 0 Å². The SMILES string of the molecule is Cc1nc(-c2cccnc2)sc1CC(=O)N1CCN(C)CC1. The minimum Gasteiger partial charge on any atom is -0.340 e. The van der Waals surface area contributed by atoms with Gasteiger partial charge in [-0.3, -0.25) is 9.78 Å². The van der Waals surface area contributed by atoms with Crippen LogP contribution >= 0.6 is 11.3 Å². The largest absolute Gasteiger partial charge is 0.340 e. The second kappa shape index (κ2) is 6.54. The fourth-order valence-electron chi connectivity index (χ4n) is 2.51. The number of carbonyl (C=O) groups excluding carboxylic acids is 1. The quantitative estimate of drug-likeness (QED) is 0.867. The molecule has 22 heavy (non-hydrogen) atoms. The molecule has 0 saturated carbocycles. The molecule has 0 aliphatic carbocycles. The van der Waals surface area contributed by atoms with E-state index in [0.717, 1.165) is 47.3 Å². The highest BCUT2D eigenvalue weighted by molar-refractivity contribution is 7.15. The van der Waals surface area contributed by atoms with Crippen LogP contribution in [-0.4, -0.2) is 58.9 Å². The van der Waals surface area contributed by atoms with Crippen LogP contribution in [0, 0.1) is 6.92 Å². The van der Waals surface area contributed by atoms with Gasteiger partial charge in [-0.2, -0.15) is 0 Å². The molecule has 0 radical (unpaired) electrons.